The topological polar surface area (TPSA) is 12.5 Å². The van der Waals surface area contributed by atoms with Crippen molar-refractivity contribution in [3.8, 4) is 11.5 Å². The summed E-state index contributed by atoms with van der Waals surface area (Å²) in [5.41, 5.74) is 8.73. The van der Waals surface area contributed by atoms with Crippen LogP contribution in [0.5, 0.6) is 11.5 Å². The fourth-order valence-corrected chi connectivity index (χ4v) is 5.21. The molecule has 0 bridgehead atoms. The summed E-state index contributed by atoms with van der Waals surface area (Å²) in [5, 5.41) is 0. The first-order valence-electron chi connectivity index (χ1n) is 15.9. The maximum absolute atomic E-state index is 6.54. The van der Waals surface area contributed by atoms with Crippen molar-refractivity contribution < 1.29 is 4.74 Å². The molecule has 0 aliphatic heterocycles. The van der Waals surface area contributed by atoms with E-state index in [2.05, 4.69) is 151 Å². The molecule has 6 aromatic carbocycles. The Bertz CT molecular complexity index is 1880. The van der Waals surface area contributed by atoms with Gasteiger partial charge in [-0.05, 0) is 77.2 Å². The minimum absolute atomic E-state index is 0.784. The van der Waals surface area contributed by atoms with Crippen LogP contribution < -0.4 is 9.64 Å². The molecule has 0 fully saturated rings. The van der Waals surface area contributed by atoms with Gasteiger partial charge in [-0.1, -0.05) is 164 Å². The number of benzene rings is 6. The number of hydrogen-bond acceptors (Lipinski definition) is 2. The van der Waals surface area contributed by atoms with Crippen LogP contribution in [0, 0.1) is 6.92 Å². The molecule has 2 nitrogen and oxygen atoms in total. The number of ether oxygens (including phenoxy) is 1. The molecule has 0 N–H and O–H groups in total. The Morgan fingerprint density at radius 2 is 0.766 bits per heavy atom. The molecule has 0 aliphatic rings. The third-order valence-electron chi connectivity index (χ3n) is 7.70. The largest absolute Gasteiger partial charge is 0.455 e. The van der Waals surface area contributed by atoms with Gasteiger partial charge in [-0.25, -0.2) is 0 Å². The normalized spacial score (nSPS) is 11.6. The van der Waals surface area contributed by atoms with Crippen molar-refractivity contribution in [2.75, 3.05) is 4.90 Å². The molecule has 0 saturated heterocycles. The second-order valence-corrected chi connectivity index (χ2v) is 11.1. The van der Waals surface area contributed by atoms with E-state index in [1.807, 2.05) is 66.7 Å². The molecule has 6 rings (SSSR count). The summed E-state index contributed by atoms with van der Waals surface area (Å²) in [6, 6.07) is 54.2. The molecule has 0 atom stereocenters. The molecule has 0 unspecified atom stereocenters. The first-order chi connectivity index (χ1) is 23.2. The first kappa shape index (κ1) is 30.9. The third kappa shape index (κ3) is 8.54. The van der Waals surface area contributed by atoms with Crippen LogP contribution in [0.3, 0.4) is 0 Å². The summed E-state index contributed by atoms with van der Waals surface area (Å²) >= 11 is 0. The van der Waals surface area contributed by atoms with Crippen LogP contribution in [-0.2, 0) is 0 Å². The second-order valence-electron chi connectivity index (χ2n) is 11.1. The third-order valence-corrected chi connectivity index (χ3v) is 7.70. The Balaban J connectivity index is 1.28. The Kier molecular flexibility index (Phi) is 10.3. The van der Waals surface area contributed by atoms with Crippen LogP contribution >= 0.6 is 0 Å². The molecule has 6 aromatic rings. The molecular weight excluding hydrogens is 571 g/mol. The fraction of sp³-hybridized carbons (Fsp3) is 0.0222. The van der Waals surface area contributed by atoms with Crippen LogP contribution in [0.25, 0.3) is 24.3 Å². The van der Waals surface area contributed by atoms with Crippen molar-refractivity contribution in [2.24, 2.45) is 0 Å². The molecular formula is C45H37NO. The zero-order valence-corrected chi connectivity index (χ0v) is 26.5. The Morgan fingerprint density at radius 1 is 0.383 bits per heavy atom. The van der Waals surface area contributed by atoms with E-state index >= 15 is 0 Å². The van der Waals surface area contributed by atoms with Gasteiger partial charge in [0.25, 0.3) is 0 Å². The van der Waals surface area contributed by atoms with Crippen LogP contribution in [0.1, 0.15) is 27.8 Å². The minimum Gasteiger partial charge on any atom is -0.455 e. The van der Waals surface area contributed by atoms with Gasteiger partial charge in [0.2, 0.25) is 0 Å². The summed E-state index contributed by atoms with van der Waals surface area (Å²) < 4.78 is 6.54. The van der Waals surface area contributed by atoms with Crippen molar-refractivity contribution >= 4 is 41.4 Å². The van der Waals surface area contributed by atoms with Gasteiger partial charge in [0, 0.05) is 11.4 Å². The molecule has 0 heterocycles. The molecule has 2 heteroatoms. The van der Waals surface area contributed by atoms with Gasteiger partial charge in [0.05, 0.1) is 5.69 Å². The van der Waals surface area contributed by atoms with Crippen LogP contribution in [-0.4, -0.2) is 0 Å². The maximum Gasteiger partial charge on any atom is 0.151 e. The fourth-order valence-electron chi connectivity index (χ4n) is 5.21. The van der Waals surface area contributed by atoms with E-state index in [0.29, 0.717) is 0 Å². The Morgan fingerprint density at radius 3 is 1.23 bits per heavy atom. The number of aryl methyl sites for hydroxylation is 1. The average molecular weight is 608 g/mol. The maximum atomic E-state index is 6.54. The van der Waals surface area contributed by atoms with Crippen LogP contribution in [0.2, 0.25) is 0 Å². The number of anilines is 3. The van der Waals surface area contributed by atoms with E-state index in [4.69, 9.17) is 4.74 Å². The van der Waals surface area contributed by atoms with E-state index in [0.717, 1.165) is 45.3 Å². The van der Waals surface area contributed by atoms with E-state index in [1.165, 1.54) is 11.1 Å². The highest BCUT2D eigenvalue weighted by Crippen LogP contribution is 2.42. The lowest BCUT2D eigenvalue weighted by molar-refractivity contribution is 0.480. The lowest BCUT2D eigenvalue weighted by Gasteiger charge is -2.27. The summed E-state index contributed by atoms with van der Waals surface area (Å²) in [4.78, 5) is 2.25. The SMILES string of the molecule is Cc1ccccc1Oc1ccccc1N(c1ccc(/C=C/C=C/c2ccccc2)cc1)c1ccc(/C=C/C=C/c2ccccc2)cc1. The summed E-state index contributed by atoms with van der Waals surface area (Å²) in [7, 11) is 0. The van der Waals surface area contributed by atoms with E-state index < -0.39 is 0 Å². The number of rotatable bonds is 11. The molecule has 0 spiro atoms. The molecule has 0 radical (unpaired) electrons. The van der Waals surface area contributed by atoms with Crippen LogP contribution in [0.15, 0.2) is 182 Å². The molecule has 0 aromatic heterocycles. The first-order valence-corrected chi connectivity index (χ1v) is 15.9. The highest BCUT2D eigenvalue weighted by molar-refractivity contribution is 5.81. The van der Waals surface area contributed by atoms with Crippen molar-refractivity contribution in [3.05, 3.63) is 210 Å². The van der Waals surface area contributed by atoms with Gasteiger partial charge in [-0.3, -0.25) is 0 Å². The zero-order chi connectivity index (χ0) is 32.1. The Hall–Kier alpha value is -6.12. The molecule has 228 valence electrons. The van der Waals surface area contributed by atoms with Crippen LogP contribution in [0.4, 0.5) is 17.1 Å². The standard InChI is InChI=1S/C45H37NO/c1-36-16-8-14-26-44(36)47-45-27-15-13-25-43(45)46(41-32-28-39(29-33-41)23-11-9-21-37-17-4-2-5-18-37)42-34-30-40(31-35-42)24-12-10-22-38-19-6-3-7-20-38/h2-35H,1H3/b21-9+,22-10+,23-11+,24-12+. The lowest BCUT2D eigenvalue weighted by atomic mass is 10.1. The lowest BCUT2D eigenvalue weighted by Crippen LogP contribution is -2.11. The average Bonchev–Trinajstić information content (AvgIpc) is 3.12. The van der Waals surface area contributed by atoms with E-state index in [1.54, 1.807) is 0 Å². The minimum atomic E-state index is 0.784. The predicted octanol–water partition coefficient (Wildman–Crippen LogP) is 12.7. The summed E-state index contributed by atoms with van der Waals surface area (Å²) in [5.74, 6) is 1.62. The second kappa shape index (κ2) is 15.7. The molecule has 0 amide bonds. The molecule has 0 aliphatic carbocycles. The van der Waals surface area contributed by atoms with E-state index in [9.17, 15) is 0 Å². The highest BCUT2D eigenvalue weighted by atomic mass is 16.5. The monoisotopic (exact) mass is 607 g/mol. The Labute approximate surface area is 278 Å². The van der Waals surface area contributed by atoms with Crippen molar-refractivity contribution in [1.29, 1.82) is 0 Å². The van der Waals surface area contributed by atoms with Crippen molar-refractivity contribution in [2.45, 2.75) is 6.92 Å². The summed E-state index contributed by atoms with van der Waals surface area (Å²) in [6.07, 6.45) is 16.8. The quantitative estimate of drug-likeness (QED) is 0.136. The van der Waals surface area contributed by atoms with Gasteiger partial charge < -0.3 is 9.64 Å². The predicted molar refractivity (Wildman–Crippen MR) is 201 cm³/mol. The number of para-hydroxylation sites is 3. The van der Waals surface area contributed by atoms with Gasteiger partial charge in [-0.15, -0.1) is 0 Å². The molecule has 47 heavy (non-hydrogen) atoms. The summed E-state index contributed by atoms with van der Waals surface area (Å²) in [6.45, 7) is 2.07. The van der Waals surface area contributed by atoms with Gasteiger partial charge in [0.15, 0.2) is 5.75 Å². The zero-order valence-electron chi connectivity index (χ0n) is 26.5. The van der Waals surface area contributed by atoms with E-state index in [-0.39, 0.29) is 0 Å². The van der Waals surface area contributed by atoms with Gasteiger partial charge in [0.1, 0.15) is 5.75 Å². The highest BCUT2D eigenvalue weighted by Gasteiger charge is 2.17. The number of hydrogen-bond donors (Lipinski definition) is 0. The van der Waals surface area contributed by atoms with Gasteiger partial charge in [-0.2, -0.15) is 0 Å². The number of nitrogens with zero attached hydrogens (tertiary/aromatic N) is 1. The number of allylic oxidation sites excluding steroid dienone is 4. The smallest absolute Gasteiger partial charge is 0.151 e. The molecule has 0 saturated carbocycles. The van der Waals surface area contributed by atoms with Gasteiger partial charge >= 0.3 is 0 Å². The van der Waals surface area contributed by atoms with Crippen molar-refractivity contribution in [3.63, 3.8) is 0 Å². The van der Waals surface area contributed by atoms with Crippen molar-refractivity contribution in [1.82, 2.24) is 0 Å².